The van der Waals surface area contributed by atoms with Gasteiger partial charge in [0.2, 0.25) is 0 Å². The summed E-state index contributed by atoms with van der Waals surface area (Å²) in [7, 11) is 1.59. The Morgan fingerprint density at radius 1 is 0.964 bits per heavy atom. The Labute approximate surface area is 161 Å². The molecule has 4 aromatic rings. The number of rotatable bonds is 4. The first kappa shape index (κ1) is 18.1. The number of fused-ring (bicyclic) bond motifs is 3. The van der Waals surface area contributed by atoms with E-state index < -0.39 is 0 Å². The molecule has 28 heavy (non-hydrogen) atoms. The summed E-state index contributed by atoms with van der Waals surface area (Å²) < 4.78 is 8.23. The maximum Gasteiger partial charge on any atom is 0.265 e. The third kappa shape index (κ3) is 2.92. The monoisotopic (exact) mass is 375 g/mol. The van der Waals surface area contributed by atoms with Gasteiger partial charge in [0, 0.05) is 43.3 Å². The third-order valence-corrected chi connectivity index (χ3v) is 5.18. The second kappa shape index (κ2) is 7.05. The van der Waals surface area contributed by atoms with E-state index in [-0.39, 0.29) is 11.1 Å². The van der Waals surface area contributed by atoms with Crippen molar-refractivity contribution in [1.82, 2.24) is 14.1 Å². The molecular formula is C22H21N3O3. The number of nitrogens with zero attached hydrogens (tertiary/aromatic N) is 3. The van der Waals surface area contributed by atoms with E-state index in [1.807, 2.05) is 44.2 Å². The Hall–Kier alpha value is -3.25. The molecule has 0 saturated heterocycles. The molecule has 0 fully saturated rings. The van der Waals surface area contributed by atoms with Gasteiger partial charge in [0.1, 0.15) is 0 Å². The van der Waals surface area contributed by atoms with Crippen molar-refractivity contribution in [2.75, 3.05) is 13.7 Å². The molecule has 3 aromatic heterocycles. The molecule has 0 N–H and O–H groups in total. The molecule has 0 saturated carbocycles. The zero-order valence-electron chi connectivity index (χ0n) is 16.1. The smallest absolute Gasteiger partial charge is 0.265 e. The highest BCUT2D eigenvalue weighted by atomic mass is 16.5. The summed E-state index contributed by atoms with van der Waals surface area (Å²) in [4.78, 5) is 30.4. The Balaban J connectivity index is 1.99. The van der Waals surface area contributed by atoms with Crippen molar-refractivity contribution in [2.45, 2.75) is 20.4 Å². The van der Waals surface area contributed by atoms with Crippen LogP contribution in [0.5, 0.6) is 0 Å². The first-order chi connectivity index (χ1) is 13.5. The maximum absolute atomic E-state index is 13.3. The minimum Gasteiger partial charge on any atom is -0.383 e. The molecule has 0 radical (unpaired) electrons. The summed E-state index contributed by atoms with van der Waals surface area (Å²) in [5, 5.41) is 1.50. The van der Waals surface area contributed by atoms with E-state index in [4.69, 9.17) is 4.74 Å². The van der Waals surface area contributed by atoms with Crippen LogP contribution in [0.1, 0.15) is 11.1 Å². The summed E-state index contributed by atoms with van der Waals surface area (Å²) in [6.07, 6.45) is 4.98. The zero-order valence-corrected chi connectivity index (χ0v) is 16.1. The number of aromatic nitrogens is 3. The highest BCUT2D eigenvalue weighted by molar-refractivity contribution is 6.04. The molecule has 3 heterocycles. The van der Waals surface area contributed by atoms with Crippen molar-refractivity contribution in [3.8, 4) is 5.69 Å². The standard InChI is InChI=1S/C22H21N3O3/c1-14-4-5-16(12-15(14)2)25-9-7-19-20(22(25)27)17-6-8-24(10-11-28-3)21(26)18(17)13-23-19/h4-9,12-13H,10-11H2,1-3H3. The lowest BCUT2D eigenvalue weighted by atomic mass is 10.1. The maximum atomic E-state index is 13.3. The molecular weight excluding hydrogens is 354 g/mol. The molecule has 6 heteroatoms. The van der Waals surface area contributed by atoms with Crippen LogP contribution in [0.25, 0.3) is 27.4 Å². The molecule has 0 bridgehead atoms. The molecule has 0 aliphatic heterocycles. The number of hydrogen-bond donors (Lipinski definition) is 0. The van der Waals surface area contributed by atoms with Crippen molar-refractivity contribution >= 4 is 21.7 Å². The quantitative estimate of drug-likeness (QED) is 0.515. The fraction of sp³-hybridized carbons (Fsp3) is 0.227. The number of hydrogen-bond acceptors (Lipinski definition) is 4. The molecule has 0 spiro atoms. The van der Waals surface area contributed by atoms with Crippen LogP contribution in [0.4, 0.5) is 0 Å². The van der Waals surface area contributed by atoms with Gasteiger partial charge in [-0.1, -0.05) is 6.07 Å². The van der Waals surface area contributed by atoms with Crippen LogP contribution < -0.4 is 11.1 Å². The summed E-state index contributed by atoms with van der Waals surface area (Å²) in [5.74, 6) is 0. The Morgan fingerprint density at radius 2 is 1.79 bits per heavy atom. The predicted octanol–water partition coefficient (Wildman–Crippen LogP) is 2.96. The highest BCUT2D eigenvalue weighted by Gasteiger charge is 2.13. The lowest BCUT2D eigenvalue weighted by Gasteiger charge is -2.11. The van der Waals surface area contributed by atoms with Crippen molar-refractivity contribution < 1.29 is 4.74 Å². The Morgan fingerprint density at radius 3 is 2.54 bits per heavy atom. The van der Waals surface area contributed by atoms with E-state index in [0.29, 0.717) is 34.8 Å². The van der Waals surface area contributed by atoms with Crippen LogP contribution in [-0.4, -0.2) is 27.8 Å². The SMILES string of the molecule is COCCn1ccc2c(cnc3ccn(-c4ccc(C)c(C)c4)c(=O)c32)c1=O. The zero-order chi connectivity index (χ0) is 19.8. The Kier molecular flexibility index (Phi) is 4.57. The largest absolute Gasteiger partial charge is 0.383 e. The fourth-order valence-electron chi connectivity index (χ4n) is 3.40. The number of pyridine rings is 3. The summed E-state index contributed by atoms with van der Waals surface area (Å²) >= 11 is 0. The molecule has 0 aliphatic rings. The van der Waals surface area contributed by atoms with E-state index in [9.17, 15) is 9.59 Å². The van der Waals surface area contributed by atoms with Gasteiger partial charge < -0.3 is 9.30 Å². The van der Waals surface area contributed by atoms with E-state index in [0.717, 1.165) is 11.3 Å². The van der Waals surface area contributed by atoms with Gasteiger partial charge in [-0.2, -0.15) is 0 Å². The van der Waals surface area contributed by atoms with E-state index in [2.05, 4.69) is 4.98 Å². The van der Waals surface area contributed by atoms with Gasteiger partial charge >= 0.3 is 0 Å². The van der Waals surface area contributed by atoms with Gasteiger partial charge in [0.05, 0.1) is 22.9 Å². The average Bonchev–Trinajstić information content (AvgIpc) is 2.69. The molecule has 0 amide bonds. The van der Waals surface area contributed by atoms with E-state index in [1.54, 1.807) is 34.8 Å². The molecule has 1 aromatic carbocycles. The van der Waals surface area contributed by atoms with Gasteiger partial charge in [-0.15, -0.1) is 0 Å². The van der Waals surface area contributed by atoms with Crippen molar-refractivity contribution in [3.63, 3.8) is 0 Å². The van der Waals surface area contributed by atoms with Crippen molar-refractivity contribution in [1.29, 1.82) is 0 Å². The van der Waals surface area contributed by atoms with Gasteiger partial charge in [-0.3, -0.25) is 19.1 Å². The minimum absolute atomic E-state index is 0.176. The molecule has 0 atom stereocenters. The highest BCUT2D eigenvalue weighted by Crippen LogP contribution is 2.20. The van der Waals surface area contributed by atoms with Gasteiger partial charge in [0.15, 0.2) is 0 Å². The van der Waals surface area contributed by atoms with E-state index in [1.165, 1.54) is 5.56 Å². The topological polar surface area (TPSA) is 66.1 Å². The van der Waals surface area contributed by atoms with Crippen LogP contribution in [0, 0.1) is 13.8 Å². The molecule has 4 rings (SSSR count). The van der Waals surface area contributed by atoms with Crippen LogP contribution in [-0.2, 0) is 11.3 Å². The summed E-state index contributed by atoms with van der Waals surface area (Å²) in [6.45, 7) is 4.94. The number of aryl methyl sites for hydroxylation is 2. The molecule has 142 valence electrons. The number of methoxy groups -OCH3 is 1. The first-order valence-electron chi connectivity index (χ1n) is 9.11. The Bertz CT molecular complexity index is 1320. The van der Waals surface area contributed by atoms with Crippen LogP contribution in [0.3, 0.4) is 0 Å². The lowest BCUT2D eigenvalue weighted by molar-refractivity contribution is 0.186. The van der Waals surface area contributed by atoms with Crippen LogP contribution in [0.15, 0.2) is 58.5 Å². The number of benzene rings is 1. The third-order valence-electron chi connectivity index (χ3n) is 5.18. The van der Waals surface area contributed by atoms with Crippen LogP contribution in [0.2, 0.25) is 0 Å². The first-order valence-corrected chi connectivity index (χ1v) is 9.11. The van der Waals surface area contributed by atoms with Crippen molar-refractivity contribution in [2.24, 2.45) is 0 Å². The summed E-state index contributed by atoms with van der Waals surface area (Å²) in [5.41, 5.74) is 3.28. The minimum atomic E-state index is -0.187. The molecule has 0 unspecified atom stereocenters. The van der Waals surface area contributed by atoms with E-state index >= 15 is 0 Å². The van der Waals surface area contributed by atoms with Gasteiger partial charge in [0.25, 0.3) is 11.1 Å². The van der Waals surface area contributed by atoms with Crippen molar-refractivity contribution in [3.05, 3.63) is 80.8 Å². The molecule has 6 nitrogen and oxygen atoms in total. The van der Waals surface area contributed by atoms with Crippen LogP contribution >= 0.6 is 0 Å². The average molecular weight is 375 g/mol. The number of ether oxygens (including phenoxy) is 1. The fourth-order valence-corrected chi connectivity index (χ4v) is 3.40. The summed E-state index contributed by atoms with van der Waals surface area (Å²) in [6, 6.07) is 9.52. The second-order valence-corrected chi connectivity index (χ2v) is 6.91. The second-order valence-electron chi connectivity index (χ2n) is 6.91. The predicted molar refractivity (Wildman–Crippen MR) is 110 cm³/mol. The van der Waals surface area contributed by atoms with Gasteiger partial charge in [-0.05, 0) is 49.2 Å². The lowest BCUT2D eigenvalue weighted by Crippen LogP contribution is -2.23. The van der Waals surface area contributed by atoms with Gasteiger partial charge in [-0.25, -0.2) is 0 Å². The normalized spacial score (nSPS) is 11.4. The molecule has 0 aliphatic carbocycles.